The van der Waals surface area contributed by atoms with Gasteiger partial charge < -0.3 is 15.2 Å². The highest BCUT2D eigenvalue weighted by Crippen LogP contribution is 2.08. The maximum atomic E-state index is 9.85. The molecule has 0 saturated heterocycles. The Morgan fingerprint density at radius 3 is 2.39 bits per heavy atom. The van der Waals surface area contributed by atoms with E-state index in [0.717, 1.165) is 0 Å². The fraction of sp³-hybridized carbons (Fsp3) is 0.600. The van der Waals surface area contributed by atoms with Crippen LogP contribution in [0.25, 0.3) is 0 Å². The minimum absolute atomic E-state index is 0.188. The lowest BCUT2D eigenvalue weighted by Crippen LogP contribution is -2.87. The first-order chi connectivity index (χ1) is 8.38. The van der Waals surface area contributed by atoms with Gasteiger partial charge in [-0.2, -0.15) is 0 Å². The van der Waals surface area contributed by atoms with Crippen molar-refractivity contribution in [3.05, 3.63) is 35.9 Å². The maximum Gasteiger partial charge on any atom is 0.126 e. The van der Waals surface area contributed by atoms with Crippen LogP contribution in [0.2, 0.25) is 0 Å². The van der Waals surface area contributed by atoms with Gasteiger partial charge in [0, 0.05) is 5.56 Å². The van der Waals surface area contributed by atoms with Gasteiger partial charge in [-0.15, -0.1) is 0 Å². The molecule has 102 valence electrons. The molecule has 0 bridgehead atoms. The Morgan fingerprint density at radius 1 is 1.22 bits per heavy atom. The summed E-state index contributed by atoms with van der Waals surface area (Å²) in [6.45, 7) is 9.18. The van der Waals surface area contributed by atoms with Gasteiger partial charge in [-0.1, -0.05) is 30.3 Å². The fourth-order valence-corrected chi connectivity index (χ4v) is 1.67. The number of hydrogen-bond acceptors (Lipinski definition) is 2. The molecule has 1 aromatic carbocycles. The van der Waals surface area contributed by atoms with Crippen LogP contribution in [-0.4, -0.2) is 30.0 Å². The van der Waals surface area contributed by atoms with Crippen LogP contribution in [0.1, 0.15) is 39.3 Å². The Labute approximate surface area is 110 Å². The van der Waals surface area contributed by atoms with E-state index in [4.69, 9.17) is 4.74 Å². The van der Waals surface area contributed by atoms with Gasteiger partial charge in [0.1, 0.15) is 18.7 Å². The quantitative estimate of drug-likeness (QED) is 0.805. The van der Waals surface area contributed by atoms with Gasteiger partial charge in [0.15, 0.2) is 0 Å². The first-order valence-corrected chi connectivity index (χ1v) is 6.59. The van der Waals surface area contributed by atoms with E-state index in [-0.39, 0.29) is 5.60 Å². The first kappa shape index (κ1) is 15.2. The van der Waals surface area contributed by atoms with Crippen LogP contribution in [0.4, 0.5) is 0 Å². The Hall–Kier alpha value is -0.900. The van der Waals surface area contributed by atoms with Crippen LogP contribution in [0.15, 0.2) is 30.3 Å². The summed E-state index contributed by atoms with van der Waals surface area (Å²) in [7, 11) is 0. The third kappa shape index (κ3) is 6.15. The van der Waals surface area contributed by atoms with Crippen LogP contribution >= 0.6 is 0 Å². The van der Waals surface area contributed by atoms with Crippen LogP contribution in [0.5, 0.6) is 0 Å². The second-order valence-electron chi connectivity index (χ2n) is 5.75. The van der Waals surface area contributed by atoms with Gasteiger partial charge in [-0.05, 0) is 27.7 Å². The second-order valence-corrected chi connectivity index (χ2v) is 5.75. The summed E-state index contributed by atoms with van der Waals surface area (Å²) in [5.41, 5.74) is 1.09. The standard InChI is InChI=1S/C15H25NO2/c1-12(13-8-6-5-7-9-13)16-10-14(17)11-18-15(2,3)4/h5-9,12,14,16-17H,10-11H2,1-4H3/p+1/t12-,14-/m0/s1. The zero-order chi connectivity index (χ0) is 13.6. The molecule has 0 fully saturated rings. The van der Waals surface area contributed by atoms with Crippen molar-refractivity contribution in [1.82, 2.24) is 0 Å². The van der Waals surface area contributed by atoms with Gasteiger partial charge >= 0.3 is 0 Å². The smallest absolute Gasteiger partial charge is 0.126 e. The summed E-state index contributed by atoms with van der Waals surface area (Å²) in [5, 5.41) is 12.0. The Bertz CT molecular complexity index is 332. The van der Waals surface area contributed by atoms with Gasteiger partial charge in [0.05, 0.1) is 12.2 Å². The Kier molecular flexibility index (Phi) is 5.79. The van der Waals surface area contributed by atoms with Gasteiger partial charge in [0.2, 0.25) is 0 Å². The average molecular weight is 252 g/mol. The number of benzene rings is 1. The highest BCUT2D eigenvalue weighted by Gasteiger charge is 2.16. The number of hydrogen-bond donors (Lipinski definition) is 2. The molecule has 1 aromatic rings. The summed E-state index contributed by atoms with van der Waals surface area (Å²) in [6, 6.07) is 10.7. The molecular formula is C15H26NO2+. The zero-order valence-corrected chi connectivity index (χ0v) is 11.9. The van der Waals surface area contributed by atoms with Crippen molar-refractivity contribution in [2.24, 2.45) is 0 Å². The normalized spacial score (nSPS) is 15.4. The van der Waals surface area contributed by atoms with E-state index in [9.17, 15) is 5.11 Å². The predicted octanol–water partition coefficient (Wildman–Crippen LogP) is 1.49. The maximum absolute atomic E-state index is 9.85. The molecule has 18 heavy (non-hydrogen) atoms. The van der Waals surface area contributed by atoms with E-state index in [1.54, 1.807) is 0 Å². The van der Waals surface area contributed by atoms with Crippen molar-refractivity contribution in [3.63, 3.8) is 0 Å². The molecule has 0 aliphatic rings. The molecule has 0 radical (unpaired) electrons. The van der Waals surface area contributed by atoms with Crippen molar-refractivity contribution < 1.29 is 15.2 Å². The molecule has 0 unspecified atom stereocenters. The molecule has 1 rings (SSSR count). The molecule has 3 heteroatoms. The van der Waals surface area contributed by atoms with Crippen molar-refractivity contribution in [2.75, 3.05) is 13.2 Å². The molecule has 0 spiro atoms. The highest BCUT2D eigenvalue weighted by atomic mass is 16.5. The lowest BCUT2D eigenvalue weighted by molar-refractivity contribution is -0.698. The first-order valence-electron chi connectivity index (χ1n) is 6.59. The lowest BCUT2D eigenvalue weighted by atomic mass is 10.1. The van der Waals surface area contributed by atoms with Crippen LogP contribution in [-0.2, 0) is 4.74 Å². The van der Waals surface area contributed by atoms with Crippen LogP contribution < -0.4 is 5.32 Å². The minimum Gasteiger partial charge on any atom is -0.385 e. The number of aliphatic hydroxyl groups excluding tert-OH is 1. The predicted molar refractivity (Wildman–Crippen MR) is 73.4 cm³/mol. The van der Waals surface area contributed by atoms with E-state index in [2.05, 4.69) is 24.4 Å². The second kappa shape index (κ2) is 6.88. The van der Waals surface area contributed by atoms with Crippen LogP contribution in [0, 0.1) is 0 Å². The number of nitrogens with two attached hydrogens (primary N) is 1. The molecule has 0 amide bonds. The van der Waals surface area contributed by atoms with E-state index in [1.807, 2.05) is 39.0 Å². The van der Waals surface area contributed by atoms with Crippen molar-refractivity contribution in [3.8, 4) is 0 Å². The average Bonchev–Trinajstić information content (AvgIpc) is 2.33. The van der Waals surface area contributed by atoms with Crippen LogP contribution in [0.3, 0.4) is 0 Å². The van der Waals surface area contributed by atoms with Gasteiger partial charge in [-0.25, -0.2) is 0 Å². The van der Waals surface area contributed by atoms with E-state index in [1.165, 1.54) is 5.56 Å². The summed E-state index contributed by atoms with van der Waals surface area (Å²) in [4.78, 5) is 0. The largest absolute Gasteiger partial charge is 0.385 e. The van der Waals surface area contributed by atoms with E-state index < -0.39 is 6.10 Å². The summed E-state index contributed by atoms with van der Waals surface area (Å²) in [5.74, 6) is 0. The molecule has 0 saturated carbocycles. The van der Waals surface area contributed by atoms with Crippen molar-refractivity contribution >= 4 is 0 Å². The number of ether oxygens (including phenoxy) is 1. The molecule has 0 aliphatic carbocycles. The topological polar surface area (TPSA) is 46.1 Å². The molecule has 0 aromatic heterocycles. The molecule has 0 aliphatic heterocycles. The van der Waals surface area contributed by atoms with Crippen molar-refractivity contribution in [1.29, 1.82) is 0 Å². The Balaban J connectivity index is 2.28. The summed E-state index contributed by atoms with van der Waals surface area (Å²) < 4.78 is 5.56. The Morgan fingerprint density at radius 2 is 1.83 bits per heavy atom. The molecule has 3 N–H and O–H groups in total. The van der Waals surface area contributed by atoms with E-state index >= 15 is 0 Å². The number of quaternary nitrogens is 1. The molecule has 3 nitrogen and oxygen atoms in total. The summed E-state index contributed by atoms with van der Waals surface area (Å²) >= 11 is 0. The van der Waals surface area contributed by atoms with Crippen molar-refractivity contribution in [2.45, 2.75) is 45.4 Å². The van der Waals surface area contributed by atoms with E-state index in [0.29, 0.717) is 19.2 Å². The monoisotopic (exact) mass is 252 g/mol. The zero-order valence-electron chi connectivity index (χ0n) is 11.9. The molecular weight excluding hydrogens is 226 g/mol. The fourth-order valence-electron chi connectivity index (χ4n) is 1.67. The van der Waals surface area contributed by atoms with Gasteiger partial charge in [0.25, 0.3) is 0 Å². The van der Waals surface area contributed by atoms with Gasteiger partial charge in [-0.3, -0.25) is 0 Å². The third-order valence-electron chi connectivity index (χ3n) is 2.80. The summed E-state index contributed by atoms with van der Waals surface area (Å²) in [6.07, 6.45) is -0.421. The molecule has 0 heterocycles. The highest BCUT2D eigenvalue weighted by molar-refractivity contribution is 5.16. The number of aliphatic hydroxyl groups is 1. The SMILES string of the molecule is C[C@H]([NH2+]C[C@H](O)COC(C)(C)C)c1ccccc1. The third-order valence-corrected chi connectivity index (χ3v) is 2.80. The lowest BCUT2D eigenvalue weighted by Gasteiger charge is -2.22. The minimum atomic E-state index is -0.421. The number of rotatable bonds is 6. The molecule has 2 atom stereocenters.